The van der Waals surface area contributed by atoms with Gasteiger partial charge in [-0.15, -0.1) is 0 Å². The van der Waals surface area contributed by atoms with Crippen LogP contribution in [0.3, 0.4) is 0 Å². The third-order valence-corrected chi connectivity index (χ3v) is 4.25. The summed E-state index contributed by atoms with van der Waals surface area (Å²) in [7, 11) is 0. The minimum absolute atomic E-state index is 0.129. The molecule has 0 aromatic heterocycles. The quantitative estimate of drug-likeness (QED) is 0.760. The molecule has 2 aromatic rings. The van der Waals surface area contributed by atoms with Crippen molar-refractivity contribution < 1.29 is 22.8 Å². The van der Waals surface area contributed by atoms with Crippen molar-refractivity contribution >= 4 is 23.2 Å². The summed E-state index contributed by atoms with van der Waals surface area (Å²) in [4.78, 5) is 25.1. The Balaban J connectivity index is 2.15. The third kappa shape index (κ3) is 4.67. The van der Waals surface area contributed by atoms with Crippen LogP contribution in [-0.4, -0.2) is 18.4 Å². The zero-order valence-corrected chi connectivity index (χ0v) is 15.4. The van der Waals surface area contributed by atoms with Crippen LogP contribution in [0.1, 0.15) is 31.4 Å². The Labute approximate surface area is 156 Å². The Hall–Kier alpha value is -2.83. The van der Waals surface area contributed by atoms with Crippen LogP contribution in [0.5, 0.6) is 0 Å². The maximum atomic E-state index is 14.0. The van der Waals surface area contributed by atoms with Crippen molar-refractivity contribution in [2.75, 3.05) is 16.8 Å². The van der Waals surface area contributed by atoms with E-state index in [2.05, 4.69) is 5.32 Å². The van der Waals surface area contributed by atoms with Crippen LogP contribution in [-0.2, 0) is 16.0 Å². The van der Waals surface area contributed by atoms with Crippen LogP contribution in [0.4, 0.5) is 24.5 Å². The fourth-order valence-electron chi connectivity index (χ4n) is 2.79. The largest absolute Gasteiger partial charge is 0.326 e. The van der Waals surface area contributed by atoms with E-state index in [0.717, 1.165) is 41.5 Å². The molecular weight excluding hydrogens is 357 g/mol. The number of para-hydroxylation sites is 1. The number of amides is 2. The molecule has 0 radical (unpaired) electrons. The Morgan fingerprint density at radius 1 is 1.07 bits per heavy atom. The van der Waals surface area contributed by atoms with Gasteiger partial charge in [-0.2, -0.15) is 0 Å². The molecular formula is C20H21F3N2O2. The van der Waals surface area contributed by atoms with Crippen LogP contribution >= 0.6 is 0 Å². The molecule has 2 aromatic carbocycles. The predicted octanol–water partition coefficient (Wildman–Crippen LogP) is 4.36. The van der Waals surface area contributed by atoms with Gasteiger partial charge in [-0.3, -0.25) is 9.59 Å². The Morgan fingerprint density at radius 2 is 1.78 bits per heavy atom. The van der Waals surface area contributed by atoms with Crippen LogP contribution in [0.15, 0.2) is 30.3 Å². The lowest BCUT2D eigenvalue weighted by Crippen LogP contribution is -2.33. The zero-order valence-electron chi connectivity index (χ0n) is 15.4. The molecule has 4 nitrogen and oxygen atoms in total. The fourth-order valence-corrected chi connectivity index (χ4v) is 2.79. The molecule has 0 saturated heterocycles. The smallest absolute Gasteiger partial charge is 0.226 e. The first-order chi connectivity index (χ1) is 12.8. The van der Waals surface area contributed by atoms with E-state index in [4.69, 9.17) is 0 Å². The minimum Gasteiger partial charge on any atom is -0.326 e. The Kier molecular flexibility index (Phi) is 6.60. The van der Waals surface area contributed by atoms with Crippen molar-refractivity contribution in [1.29, 1.82) is 0 Å². The van der Waals surface area contributed by atoms with Gasteiger partial charge < -0.3 is 10.2 Å². The van der Waals surface area contributed by atoms with Crippen molar-refractivity contribution in [2.45, 2.75) is 33.6 Å². The Morgan fingerprint density at radius 3 is 2.41 bits per heavy atom. The number of rotatable bonds is 6. The zero-order chi connectivity index (χ0) is 20.1. The number of hydrogen-bond acceptors (Lipinski definition) is 2. The highest BCUT2D eigenvalue weighted by Crippen LogP contribution is 2.25. The standard InChI is InChI=1S/C20H21F3N2O2/c1-4-14-7-5-6-12(2)20(14)24-17(27)10-11-25(13(3)26)16-9-8-15(21)18(22)19(16)23/h5-9H,4,10-11H2,1-3H3,(H,24,27). The lowest BCUT2D eigenvalue weighted by Gasteiger charge is -2.22. The van der Waals surface area contributed by atoms with Crippen LogP contribution in [0.25, 0.3) is 0 Å². The van der Waals surface area contributed by atoms with Gasteiger partial charge in [-0.25, -0.2) is 13.2 Å². The number of carbonyl (C=O) groups excluding carboxylic acids is 2. The van der Waals surface area contributed by atoms with Crippen LogP contribution in [0.2, 0.25) is 0 Å². The molecule has 2 amide bonds. The average molecular weight is 378 g/mol. The van der Waals surface area contributed by atoms with E-state index in [1.165, 1.54) is 0 Å². The van der Waals surface area contributed by atoms with Gasteiger partial charge in [0.2, 0.25) is 11.8 Å². The second kappa shape index (κ2) is 8.70. The molecule has 2 rings (SSSR count). The van der Waals surface area contributed by atoms with Crippen molar-refractivity contribution in [3.63, 3.8) is 0 Å². The molecule has 0 aliphatic carbocycles. The topological polar surface area (TPSA) is 49.4 Å². The van der Waals surface area contributed by atoms with Crippen molar-refractivity contribution in [3.05, 3.63) is 58.9 Å². The monoisotopic (exact) mass is 378 g/mol. The summed E-state index contributed by atoms with van der Waals surface area (Å²) in [6.45, 7) is 4.83. The average Bonchev–Trinajstić information content (AvgIpc) is 2.63. The van der Waals surface area contributed by atoms with Crippen LogP contribution in [0, 0.1) is 24.4 Å². The molecule has 0 saturated carbocycles. The predicted molar refractivity (Wildman–Crippen MR) is 98.1 cm³/mol. The van der Waals surface area contributed by atoms with E-state index in [1.54, 1.807) is 0 Å². The SMILES string of the molecule is CCc1cccc(C)c1NC(=O)CCN(C(C)=O)c1ccc(F)c(F)c1F. The maximum Gasteiger partial charge on any atom is 0.226 e. The normalized spacial score (nSPS) is 10.6. The van der Waals surface area contributed by atoms with Gasteiger partial charge in [0.15, 0.2) is 17.5 Å². The summed E-state index contributed by atoms with van der Waals surface area (Å²) in [6, 6.07) is 7.38. The first kappa shape index (κ1) is 20.5. The van der Waals surface area contributed by atoms with E-state index < -0.39 is 29.0 Å². The van der Waals surface area contributed by atoms with Crippen molar-refractivity contribution in [1.82, 2.24) is 0 Å². The number of carbonyl (C=O) groups is 2. The van der Waals surface area contributed by atoms with Gasteiger partial charge in [-0.1, -0.05) is 25.1 Å². The van der Waals surface area contributed by atoms with E-state index in [1.807, 2.05) is 32.0 Å². The van der Waals surface area contributed by atoms with Crippen molar-refractivity contribution in [3.8, 4) is 0 Å². The van der Waals surface area contributed by atoms with Gasteiger partial charge in [0.05, 0.1) is 5.69 Å². The number of halogens is 3. The molecule has 144 valence electrons. The number of hydrogen-bond donors (Lipinski definition) is 1. The molecule has 0 atom stereocenters. The summed E-state index contributed by atoms with van der Waals surface area (Å²) >= 11 is 0. The highest BCUT2D eigenvalue weighted by Gasteiger charge is 2.22. The molecule has 0 fully saturated rings. The second-order valence-corrected chi connectivity index (χ2v) is 6.13. The maximum absolute atomic E-state index is 14.0. The highest BCUT2D eigenvalue weighted by atomic mass is 19.2. The van der Waals surface area contributed by atoms with E-state index in [9.17, 15) is 22.8 Å². The molecule has 0 aliphatic heterocycles. The molecule has 7 heteroatoms. The van der Waals surface area contributed by atoms with Crippen LogP contribution < -0.4 is 10.2 Å². The summed E-state index contributed by atoms with van der Waals surface area (Å²) in [5.41, 5.74) is 2.17. The van der Waals surface area contributed by atoms with E-state index in [-0.39, 0.29) is 18.9 Å². The molecule has 0 bridgehead atoms. The van der Waals surface area contributed by atoms with Gasteiger partial charge in [0.1, 0.15) is 0 Å². The van der Waals surface area contributed by atoms with Gasteiger partial charge in [0, 0.05) is 25.6 Å². The van der Waals surface area contributed by atoms with E-state index in [0.29, 0.717) is 5.69 Å². The number of anilines is 2. The lowest BCUT2D eigenvalue weighted by atomic mass is 10.1. The number of nitrogens with one attached hydrogen (secondary N) is 1. The first-order valence-electron chi connectivity index (χ1n) is 8.56. The summed E-state index contributed by atoms with van der Waals surface area (Å²) in [5, 5.41) is 2.81. The van der Waals surface area contributed by atoms with Gasteiger partial charge >= 0.3 is 0 Å². The number of nitrogens with zero attached hydrogens (tertiary/aromatic N) is 1. The minimum atomic E-state index is -1.66. The first-order valence-corrected chi connectivity index (χ1v) is 8.56. The van der Waals surface area contributed by atoms with E-state index >= 15 is 0 Å². The lowest BCUT2D eigenvalue weighted by molar-refractivity contribution is -0.117. The summed E-state index contributed by atoms with van der Waals surface area (Å²) in [5.74, 6) is -5.41. The van der Waals surface area contributed by atoms with Crippen molar-refractivity contribution in [2.24, 2.45) is 0 Å². The highest BCUT2D eigenvalue weighted by molar-refractivity contribution is 5.95. The molecule has 0 spiro atoms. The Bertz CT molecular complexity index is 869. The molecule has 0 heterocycles. The summed E-state index contributed by atoms with van der Waals surface area (Å²) < 4.78 is 40.6. The fraction of sp³-hybridized carbons (Fsp3) is 0.300. The molecule has 1 N–H and O–H groups in total. The second-order valence-electron chi connectivity index (χ2n) is 6.13. The summed E-state index contributed by atoms with van der Waals surface area (Å²) in [6.07, 6.45) is 0.604. The molecule has 27 heavy (non-hydrogen) atoms. The van der Waals surface area contributed by atoms with Gasteiger partial charge in [-0.05, 0) is 36.6 Å². The number of benzene rings is 2. The number of aryl methyl sites for hydroxylation is 2. The molecule has 0 aliphatic rings. The molecule has 0 unspecified atom stereocenters. The van der Waals surface area contributed by atoms with Gasteiger partial charge in [0.25, 0.3) is 0 Å². The third-order valence-electron chi connectivity index (χ3n) is 4.25.